The SMILES string of the molecule is Cc1nnc(-c2ccc(OCCOCCOCCOCCNC(=O)C(CCCCNC(=O)CC3CCC(=O)C(=O)C3)NC(=O)CCCCCNC3=CC=C([N+](=O)[O-])C(=N)/C3=N\O)cc2)nn1. The number of aromatic nitrogens is 4. The van der Waals surface area contributed by atoms with Gasteiger partial charge in [-0.05, 0) is 81.7 Å². The van der Waals surface area contributed by atoms with Gasteiger partial charge < -0.3 is 45.4 Å². The number of benzene rings is 1. The van der Waals surface area contributed by atoms with Gasteiger partial charge in [0, 0.05) is 57.0 Å². The maximum absolute atomic E-state index is 13.2. The second-order valence-electron chi connectivity index (χ2n) is 15.3. The Labute approximate surface area is 381 Å². The van der Waals surface area contributed by atoms with Crippen molar-refractivity contribution in [3.8, 4) is 17.1 Å². The third-order valence-electron chi connectivity index (χ3n) is 10.3. The molecule has 23 heteroatoms. The van der Waals surface area contributed by atoms with Crippen LogP contribution < -0.4 is 26.0 Å². The Morgan fingerprint density at radius 2 is 1.53 bits per heavy atom. The standard InChI is InChI=1S/C43H59N11O12/c1-29-49-51-42(52-50-29)31-10-12-32(13-11-31)66-26-25-65-24-23-64-22-21-63-20-19-47-43(59)34(7-4-6-18-46-39(58)28-30-9-16-36(55)37(56)27-30)48-38(57)8-3-2-5-17-45-33-14-15-35(54(61)62)40(44)41(33)53-60/h10-15,30,34,44-45,60H,2-9,16-28H2,1H3,(H,46,58)(H,47,59)(H,48,57)/b44-40?,53-41-. The number of nitrogens with zero attached hydrogens (tertiary/aromatic N) is 6. The molecular formula is C43H59N11O12. The van der Waals surface area contributed by atoms with Crippen LogP contribution >= 0.6 is 0 Å². The molecule has 66 heavy (non-hydrogen) atoms. The lowest BCUT2D eigenvalue weighted by Crippen LogP contribution is -2.47. The van der Waals surface area contributed by atoms with Crippen molar-refractivity contribution in [3.63, 3.8) is 0 Å². The highest BCUT2D eigenvalue weighted by atomic mass is 16.6. The van der Waals surface area contributed by atoms with Crippen LogP contribution in [0.4, 0.5) is 0 Å². The topological polar surface area (TPSA) is 322 Å². The summed E-state index contributed by atoms with van der Waals surface area (Å²) in [6.07, 6.45) is 6.72. The van der Waals surface area contributed by atoms with Crippen LogP contribution in [0.5, 0.6) is 5.75 Å². The zero-order valence-electron chi connectivity index (χ0n) is 37.1. The van der Waals surface area contributed by atoms with Crippen molar-refractivity contribution in [1.29, 1.82) is 5.41 Å². The third-order valence-corrected chi connectivity index (χ3v) is 10.3. The molecule has 1 heterocycles. The molecule has 23 nitrogen and oxygen atoms in total. The lowest BCUT2D eigenvalue weighted by atomic mass is 9.85. The molecule has 2 atom stereocenters. The highest BCUT2D eigenvalue weighted by molar-refractivity contribution is 6.52. The van der Waals surface area contributed by atoms with E-state index < -0.39 is 28.2 Å². The van der Waals surface area contributed by atoms with E-state index >= 15 is 0 Å². The molecule has 3 amide bonds. The number of allylic oxidation sites excluding steroid dienone is 4. The average Bonchev–Trinajstić information content (AvgIpc) is 3.30. The summed E-state index contributed by atoms with van der Waals surface area (Å²) in [4.78, 5) is 72.2. The van der Waals surface area contributed by atoms with Crippen LogP contribution in [0.1, 0.15) is 76.5 Å². The summed E-state index contributed by atoms with van der Waals surface area (Å²) in [5, 5.41) is 58.6. The molecule has 0 radical (unpaired) electrons. The van der Waals surface area contributed by atoms with Gasteiger partial charge in [-0.25, -0.2) is 0 Å². The first-order chi connectivity index (χ1) is 31.9. The molecule has 2 aliphatic rings. The Morgan fingerprint density at radius 1 is 0.848 bits per heavy atom. The summed E-state index contributed by atoms with van der Waals surface area (Å²) in [5.41, 5.74) is -0.196. The van der Waals surface area contributed by atoms with Crippen LogP contribution in [0.2, 0.25) is 0 Å². The highest BCUT2D eigenvalue weighted by Gasteiger charge is 2.29. The number of ketones is 2. The number of hydrogen-bond donors (Lipinski definition) is 6. The Balaban J connectivity index is 1.08. The van der Waals surface area contributed by atoms with Crippen LogP contribution in [-0.4, -0.2) is 143 Å². The fraction of sp³-hybridized carbons (Fsp3) is 0.558. The molecule has 0 bridgehead atoms. The molecule has 0 aliphatic heterocycles. The van der Waals surface area contributed by atoms with Crippen LogP contribution in [0.15, 0.2) is 53.0 Å². The van der Waals surface area contributed by atoms with Crippen LogP contribution in [-0.2, 0) is 38.2 Å². The number of carbonyl (C=O) groups is 5. The van der Waals surface area contributed by atoms with E-state index in [1.165, 1.54) is 6.08 Å². The largest absolute Gasteiger partial charge is 0.491 e. The number of amides is 3. The van der Waals surface area contributed by atoms with E-state index in [0.717, 1.165) is 11.6 Å². The molecule has 1 saturated carbocycles. The minimum atomic E-state index is -0.827. The summed E-state index contributed by atoms with van der Waals surface area (Å²) in [7, 11) is 0. The summed E-state index contributed by atoms with van der Waals surface area (Å²) in [5.74, 6) is -0.256. The summed E-state index contributed by atoms with van der Waals surface area (Å²) >= 11 is 0. The van der Waals surface area contributed by atoms with Crippen LogP contribution in [0.3, 0.4) is 0 Å². The van der Waals surface area contributed by atoms with E-state index in [4.69, 9.17) is 24.4 Å². The number of oxime groups is 1. The lowest BCUT2D eigenvalue weighted by Gasteiger charge is -2.20. The quantitative estimate of drug-likeness (QED) is 0.0157. The predicted molar refractivity (Wildman–Crippen MR) is 236 cm³/mol. The van der Waals surface area contributed by atoms with Crippen molar-refractivity contribution in [1.82, 2.24) is 41.7 Å². The van der Waals surface area contributed by atoms with Gasteiger partial charge in [0.1, 0.15) is 18.4 Å². The van der Waals surface area contributed by atoms with E-state index in [0.29, 0.717) is 115 Å². The van der Waals surface area contributed by atoms with Crippen molar-refractivity contribution < 1.29 is 53.1 Å². The molecule has 1 fully saturated rings. The number of aryl methyl sites for hydroxylation is 1. The number of nitro groups is 1. The van der Waals surface area contributed by atoms with Gasteiger partial charge in [0.15, 0.2) is 28.8 Å². The maximum atomic E-state index is 13.2. The van der Waals surface area contributed by atoms with Gasteiger partial charge in [0.2, 0.25) is 23.5 Å². The van der Waals surface area contributed by atoms with Crippen molar-refractivity contribution in [2.75, 3.05) is 65.9 Å². The van der Waals surface area contributed by atoms with E-state index in [1.807, 2.05) is 12.1 Å². The van der Waals surface area contributed by atoms with Crippen molar-refractivity contribution in [2.24, 2.45) is 11.1 Å². The molecule has 6 N–H and O–H groups in total. The first-order valence-electron chi connectivity index (χ1n) is 22.0. The second-order valence-corrected chi connectivity index (χ2v) is 15.3. The molecule has 1 aromatic carbocycles. The van der Waals surface area contributed by atoms with Gasteiger partial charge in [0.25, 0.3) is 5.70 Å². The van der Waals surface area contributed by atoms with Crippen molar-refractivity contribution in [3.05, 3.63) is 63.8 Å². The molecule has 358 valence electrons. The van der Waals surface area contributed by atoms with Gasteiger partial charge in [0.05, 0.1) is 50.3 Å². The molecule has 0 saturated heterocycles. The number of ether oxygens (including phenoxy) is 4. The number of rotatable bonds is 31. The fourth-order valence-corrected chi connectivity index (χ4v) is 6.71. The highest BCUT2D eigenvalue weighted by Crippen LogP contribution is 2.22. The molecule has 4 rings (SSSR count). The molecule has 1 aromatic heterocycles. The Bertz CT molecular complexity index is 2050. The van der Waals surface area contributed by atoms with Gasteiger partial charge >= 0.3 is 0 Å². The molecule has 2 aliphatic carbocycles. The number of hydrogen-bond acceptors (Lipinski definition) is 19. The predicted octanol–water partition coefficient (Wildman–Crippen LogP) is 1.94. The zero-order valence-corrected chi connectivity index (χ0v) is 37.1. The second kappa shape index (κ2) is 29.0. The van der Waals surface area contributed by atoms with Crippen molar-refractivity contribution >= 4 is 40.7 Å². The number of nitrogens with one attached hydrogen (secondary N) is 5. The molecule has 2 aromatic rings. The minimum Gasteiger partial charge on any atom is -0.491 e. The van der Waals surface area contributed by atoms with E-state index in [9.17, 15) is 39.3 Å². The Kier molecular flexibility index (Phi) is 22.9. The zero-order chi connectivity index (χ0) is 47.5. The van der Waals surface area contributed by atoms with Crippen molar-refractivity contribution in [2.45, 2.75) is 83.6 Å². The first-order valence-corrected chi connectivity index (χ1v) is 22.0. The fourth-order valence-electron chi connectivity index (χ4n) is 6.71. The summed E-state index contributed by atoms with van der Waals surface area (Å²) in [6.45, 7) is 4.93. The summed E-state index contributed by atoms with van der Waals surface area (Å²) < 4.78 is 22.4. The van der Waals surface area contributed by atoms with E-state index in [-0.39, 0.29) is 79.7 Å². The Morgan fingerprint density at radius 3 is 2.21 bits per heavy atom. The maximum Gasteiger partial charge on any atom is 0.296 e. The van der Waals surface area contributed by atoms with Gasteiger partial charge in [-0.15, -0.1) is 20.4 Å². The van der Waals surface area contributed by atoms with Gasteiger partial charge in [-0.2, -0.15) is 0 Å². The number of unbranched alkanes of at least 4 members (excludes halogenated alkanes) is 3. The lowest BCUT2D eigenvalue weighted by molar-refractivity contribution is -0.414. The number of Topliss-reactive ketones (excluding diaryl/α,β-unsaturated/α-hetero) is 2. The molecule has 0 spiro atoms. The average molecular weight is 922 g/mol. The minimum absolute atomic E-state index is 0.0887. The third kappa shape index (κ3) is 18.9. The number of carbonyl (C=O) groups excluding carboxylic acids is 5. The normalized spacial score (nSPS) is 16.0. The van der Waals surface area contributed by atoms with Gasteiger partial charge in [-0.3, -0.25) is 39.5 Å². The smallest absolute Gasteiger partial charge is 0.296 e. The Hall–Kier alpha value is -6.59. The van der Waals surface area contributed by atoms with Crippen LogP contribution in [0, 0.1) is 28.4 Å². The van der Waals surface area contributed by atoms with Gasteiger partial charge in [-0.1, -0.05) is 11.6 Å². The monoisotopic (exact) mass is 921 g/mol. The first kappa shape index (κ1) is 52.0. The summed E-state index contributed by atoms with van der Waals surface area (Å²) in [6, 6.07) is 6.43. The van der Waals surface area contributed by atoms with E-state index in [1.54, 1.807) is 19.1 Å². The van der Waals surface area contributed by atoms with Crippen LogP contribution in [0.25, 0.3) is 11.4 Å². The molecular weight excluding hydrogens is 863 g/mol. The molecule has 2 unspecified atom stereocenters. The van der Waals surface area contributed by atoms with E-state index in [2.05, 4.69) is 46.8 Å².